The van der Waals surface area contributed by atoms with Crippen LogP contribution in [0, 0.1) is 11.3 Å². The second kappa shape index (κ2) is 5.41. The highest BCUT2D eigenvalue weighted by molar-refractivity contribution is 7.98. The molecule has 0 saturated heterocycles. The van der Waals surface area contributed by atoms with Crippen LogP contribution in [-0.2, 0) is 9.84 Å². The van der Waals surface area contributed by atoms with Crippen molar-refractivity contribution >= 4 is 9.84 Å². The van der Waals surface area contributed by atoms with E-state index in [9.17, 15) is 8.42 Å². The monoisotopic (exact) mass is 229 g/mol. The first-order valence-electron chi connectivity index (χ1n) is 4.17. The van der Waals surface area contributed by atoms with E-state index >= 15 is 0 Å². The Hall–Kier alpha value is -1.48. The standard InChI is InChI=1S/C9H15N3O2S/c1-11(2)5-6-15(13,14)9(7-10)8-12(3)4/h5-6,8H,1-4H3/b6-5+,9-8+. The molecule has 6 heteroatoms. The minimum Gasteiger partial charge on any atom is -0.383 e. The van der Waals surface area contributed by atoms with Crippen LogP contribution in [0.4, 0.5) is 0 Å². The van der Waals surface area contributed by atoms with Gasteiger partial charge >= 0.3 is 0 Å². The molecule has 0 rings (SSSR count). The molecule has 0 unspecified atom stereocenters. The Bertz CT molecular complexity index is 400. The number of hydrogen-bond acceptors (Lipinski definition) is 5. The van der Waals surface area contributed by atoms with Crippen molar-refractivity contribution < 1.29 is 8.42 Å². The first kappa shape index (κ1) is 13.5. The van der Waals surface area contributed by atoms with Crippen LogP contribution in [0.1, 0.15) is 0 Å². The molecule has 0 aliphatic rings. The number of hydrogen-bond donors (Lipinski definition) is 0. The van der Waals surface area contributed by atoms with E-state index in [1.165, 1.54) is 17.3 Å². The highest BCUT2D eigenvalue weighted by Gasteiger charge is 2.14. The molecule has 0 aliphatic heterocycles. The first-order valence-corrected chi connectivity index (χ1v) is 5.72. The van der Waals surface area contributed by atoms with Gasteiger partial charge in [-0.3, -0.25) is 0 Å². The van der Waals surface area contributed by atoms with Crippen molar-refractivity contribution in [2.45, 2.75) is 0 Å². The summed E-state index contributed by atoms with van der Waals surface area (Å²) < 4.78 is 23.1. The van der Waals surface area contributed by atoms with Crippen LogP contribution in [0.25, 0.3) is 0 Å². The van der Waals surface area contributed by atoms with Gasteiger partial charge < -0.3 is 9.80 Å². The molecule has 0 N–H and O–H groups in total. The summed E-state index contributed by atoms with van der Waals surface area (Å²) in [4.78, 5) is 2.83. The van der Waals surface area contributed by atoms with Gasteiger partial charge in [0, 0.05) is 40.6 Å². The van der Waals surface area contributed by atoms with Crippen molar-refractivity contribution in [2.24, 2.45) is 0 Å². The number of rotatable bonds is 4. The van der Waals surface area contributed by atoms with E-state index in [1.807, 2.05) is 0 Å². The zero-order chi connectivity index (χ0) is 12.1. The van der Waals surface area contributed by atoms with Gasteiger partial charge in [0.2, 0.25) is 9.84 Å². The summed E-state index contributed by atoms with van der Waals surface area (Å²) in [5, 5.41) is 9.71. The largest absolute Gasteiger partial charge is 0.383 e. The van der Waals surface area contributed by atoms with Crippen LogP contribution in [0.5, 0.6) is 0 Å². The fourth-order valence-corrected chi connectivity index (χ4v) is 1.71. The lowest BCUT2D eigenvalue weighted by atomic mass is 10.6. The molecule has 0 fully saturated rings. The fraction of sp³-hybridized carbons (Fsp3) is 0.444. The van der Waals surface area contributed by atoms with Gasteiger partial charge in [-0.25, -0.2) is 8.42 Å². The topological polar surface area (TPSA) is 64.4 Å². The molecular formula is C9H15N3O2S. The first-order chi connectivity index (χ1) is 6.79. The zero-order valence-electron chi connectivity index (χ0n) is 9.30. The second-order valence-electron chi connectivity index (χ2n) is 3.36. The number of sulfone groups is 1. The molecule has 0 bridgehead atoms. The minimum atomic E-state index is -3.63. The lowest BCUT2D eigenvalue weighted by Crippen LogP contribution is -2.08. The zero-order valence-corrected chi connectivity index (χ0v) is 10.1. The molecule has 0 aromatic heterocycles. The Kier molecular flexibility index (Phi) is 4.88. The van der Waals surface area contributed by atoms with Gasteiger partial charge in [0.15, 0.2) is 4.91 Å². The lowest BCUT2D eigenvalue weighted by Gasteiger charge is -2.06. The quantitative estimate of drug-likeness (QED) is 0.651. The molecule has 0 aromatic carbocycles. The van der Waals surface area contributed by atoms with Gasteiger partial charge in [-0.15, -0.1) is 0 Å². The van der Waals surface area contributed by atoms with Crippen molar-refractivity contribution in [3.8, 4) is 6.07 Å². The molecule has 0 amide bonds. The van der Waals surface area contributed by atoms with Gasteiger partial charge in [0.25, 0.3) is 0 Å². The maximum absolute atomic E-state index is 11.6. The second-order valence-corrected chi connectivity index (χ2v) is 5.16. The van der Waals surface area contributed by atoms with Gasteiger partial charge in [0.1, 0.15) is 6.07 Å². The van der Waals surface area contributed by atoms with Gasteiger partial charge in [0.05, 0.1) is 5.41 Å². The summed E-state index contributed by atoms with van der Waals surface area (Å²) in [5.74, 6) is 0. The fourth-order valence-electron chi connectivity index (χ4n) is 0.676. The highest BCUT2D eigenvalue weighted by Crippen LogP contribution is 2.08. The van der Waals surface area contributed by atoms with Crippen molar-refractivity contribution in [3.05, 3.63) is 22.7 Å². The maximum atomic E-state index is 11.6. The Morgan fingerprint density at radius 1 is 1.20 bits per heavy atom. The van der Waals surface area contributed by atoms with Crippen molar-refractivity contribution in [2.75, 3.05) is 28.2 Å². The predicted octanol–water partition coefficient (Wildman–Crippen LogP) is 0.361. The van der Waals surface area contributed by atoms with Crippen LogP contribution in [0.3, 0.4) is 0 Å². The van der Waals surface area contributed by atoms with Gasteiger partial charge in [-0.1, -0.05) is 0 Å². The average molecular weight is 229 g/mol. The lowest BCUT2D eigenvalue weighted by molar-refractivity contribution is 0.557. The molecule has 15 heavy (non-hydrogen) atoms. The molecule has 0 saturated carbocycles. The average Bonchev–Trinajstić information content (AvgIpc) is 2.10. The minimum absolute atomic E-state index is 0.273. The van der Waals surface area contributed by atoms with E-state index in [2.05, 4.69) is 0 Å². The number of allylic oxidation sites excluding steroid dienone is 1. The third-order valence-electron chi connectivity index (χ3n) is 1.33. The Labute approximate surface area is 90.8 Å². The van der Waals surface area contributed by atoms with Crippen LogP contribution < -0.4 is 0 Å². The molecule has 0 aliphatic carbocycles. The predicted molar refractivity (Wildman–Crippen MR) is 59.1 cm³/mol. The van der Waals surface area contributed by atoms with Crippen LogP contribution in [-0.4, -0.2) is 46.4 Å². The van der Waals surface area contributed by atoms with E-state index in [-0.39, 0.29) is 4.91 Å². The molecule has 5 nitrogen and oxygen atoms in total. The van der Waals surface area contributed by atoms with E-state index in [1.54, 1.807) is 39.2 Å². The molecule has 0 aromatic rings. The third-order valence-corrected chi connectivity index (χ3v) is 2.62. The summed E-state index contributed by atoms with van der Waals surface area (Å²) in [6.07, 6.45) is 2.66. The molecule has 0 atom stereocenters. The molecule has 0 heterocycles. The van der Waals surface area contributed by atoms with Crippen molar-refractivity contribution in [3.63, 3.8) is 0 Å². The Morgan fingerprint density at radius 3 is 2.07 bits per heavy atom. The summed E-state index contributed by atoms with van der Waals surface area (Å²) in [7, 11) is 3.09. The van der Waals surface area contributed by atoms with E-state index in [0.717, 1.165) is 5.41 Å². The van der Waals surface area contributed by atoms with Crippen LogP contribution in [0.2, 0.25) is 0 Å². The van der Waals surface area contributed by atoms with Gasteiger partial charge in [-0.2, -0.15) is 5.26 Å². The third kappa shape index (κ3) is 5.08. The molecule has 0 radical (unpaired) electrons. The SMILES string of the molecule is CN(C)/C=C/S(=O)(=O)/C(C#N)=C/N(C)C. The summed E-state index contributed by atoms with van der Waals surface area (Å²) in [6, 6.07) is 1.66. The summed E-state index contributed by atoms with van der Waals surface area (Å²) in [5.41, 5.74) is 0. The van der Waals surface area contributed by atoms with E-state index < -0.39 is 9.84 Å². The maximum Gasteiger partial charge on any atom is 0.212 e. The van der Waals surface area contributed by atoms with Crippen molar-refractivity contribution in [1.29, 1.82) is 5.26 Å². The molecular weight excluding hydrogens is 214 g/mol. The molecule has 84 valence electrons. The van der Waals surface area contributed by atoms with Crippen LogP contribution >= 0.6 is 0 Å². The van der Waals surface area contributed by atoms with Crippen molar-refractivity contribution in [1.82, 2.24) is 9.80 Å². The van der Waals surface area contributed by atoms with Gasteiger partial charge in [-0.05, 0) is 0 Å². The normalized spacial score (nSPS) is 12.6. The summed E-state index contributed by atoms with van der Waals surface area (Å²) >= 11 is 0. The summed E-state index contributed by atoms with van der Waals surface area (Å²) in [6.45, 7) is 0. The number of nitriles is 1. The van der Waals surface area contributed by atoms with E-state index in [0.29, 0.717) is 0 Å². The molecule has 0 spiro atoms. The Balaban J connectivity index is 5.12. The van der Waals surface area contributed by atoms with E-state index in [4.69, 9.17) is 5.26 Å². The van der Waals surface area contributed by atoms with Crippen LogP contribution in [0.15, 0.2) is 22.7 Å². The highest BCUT2D eigenvalue weighted by atomic mass is 32.2. The smallest absolute Gasteiger partial charge is 0.212 e. The Morgan fingerprint density at radius 2 is 1.73 bits per heavy atom. The number of nitrogens with zero attached hydrogens (tertiary/aromatic N) is 3.